The Bertz CT molecular complexity index is 757. The van der Waals surface area contributed by atoms with E-state index in [9.17, 15) is 4.79 Å². The van der Waals surface area contributed by atoms with Gasteiger partial charge in [0.2, 0.25) is 12.7 Å². The minimum Gasteiger partial charge on any atom is -0.454 e. The fourth-order valence-electron chi connectivity index (χ4n) is 3.14. The van der Waals surface area contributed by atoms with Crippen molar-refractivity contribution in [3.63, 3.8) is 0 Å². The Kier molecular flexibility index (Phi) is 3.23. The molecule has 23 heavy (non-hydrogen) atoms. The molecule has 118 valence electrons. The lowest BCUT2D eigenvalue weighted by atomic mass is 9.88. The van der Waals surface area contributed by atoms with Crippen LogP contribution in [0.3, 0.4) is 0 Å². The van der Waals surface area contributed by atoms with E-state index < -0.39 is 6.04 Å². The average Bonchev–Trinajstić information content (AvgIpc) is 3.06. The zero-order valence-electron chi connectivity index (χ0n) is 12.9. The van der Waals surface area contributed by atoms with Crippen molar-refractivity contribution < 1.29 is 14.3 Å². The summed E-state index contributed by atoms with van der Waals surface area (Å²) in [6.45, 7) is 2.33. The van der Waals surface area contributed by atoms with E-state index in [2.05, 4.69) is 31.2 Å². The molecule has 1 fully saturated rings. The largest absolute Gasteiger partial charge is 0.454 e. The first kappa shape index (κ1) is 14.1. The molecule has 0 saturated carbocycles. The molecule has 0 aliphatic carbocycles. The van der Waals surface area contributed by atoms with Gasteiger partial charge < -0.3 is 20.1 Å². The van der Waals surface area contributed by atoms with Gasteiger partial charge in [0.1, 0.15) is 6.04 Å². The lowest BCUT2D eigenvalue weighted by molar-refractivity contribution is -0.126. The molecule has 2 aromatic rings. The molecule has 5 nitrogen and oxygen atoms in total. The second-order valence-corrected chi connectivity index (χ2v) is 5.81. The standard InChI is InChI=1S/C18H18N2O3/c1-2-11-3-5-12(6-4-11)17-16(19)18(21)20(17)13-7-8-14-15(9-13)23-10-22-14/h3-9,16-17H,2,10,19H2,1H3. The summed E-state index contributed by atoms with van der Waals surface area (Å²) in [6.07, 6.45) is 0.988. The van der Waals surface area contributed by atoms with E-state index in [-0.39, 0.29) is 18.7 Å². The predicted octanol–water partition coefficient (Wildman–Crippen LogP) is 2.39. The zero-order chi connectivity index (χ0) is 16.0. The van der Waals surface area contributed by atoms with Crippen LogP contribution in [0.1, 0.15) is 24.1 Å². The van der Waals surface area contributed by atoms with E-state index >= 15 is 0 Å². The van der Waals surface area contributed by atoms with Crippen LogP contribution in [-0.4, -0.2) is 18.7 Å². The molecule has 2 aliphatic rings. The third-order valence-electron chi connectivity index (χ3n) is 4.50. The van der Waals surface area contributed by atoms with Crippen LogP contribution in [-0.2, 0) is 11.2 Å². The first-order chi connectivity index (χ1) is 11.2. The Morgan fingerprint density at radius 1 is 1.13 bits per heavy atom. The highest BCUT2D eigenvalue weighted by atomic mass is 16.7. The summed E-state index contributed by atoms with van der Waals surface area (Å²) >= 11 is 0. The number of β-lactam (4-membered cyclic amide) rings is 1. The number of fused-ring (bicyclic) bond motifs is 1. The normalized spacial score (nSPS) is 22.2. The van der Waals surface area contributed by atoms with Crippen molar-refractivity contribution in [2.75, 3.05) is 11.7 Å². The number of rotatable bonds is 3. The van der Waals surface area contributed by atoms with Crippen LogP contribution in [0.5, 0.6) is 11.5 Å². The molecule has 2 aromatic carbocycles. The van der Waals surface area contributed by atoms with Crippen molar-refractivity contribution in [2.24, 2.45) is 5.73 Å². The number of anilines is 1. The summed E-state index contributed by atoms with van der Waals surface area (Å²) in [4.78, 5) is 14.0. The Morgan fingerprint density at radius 3 is 2.61 bits per heavy atom. The van der Waals surface area contributed by atoms with Crippen LogP contribution >= 0.6 is 0 Å². The number of carbonyl (C=O) groups excluding carboxylic acids is 1. The number of amides is 1. The van der Waals surface area contributed by atoms with Crippen molar-refractivity contribution in [3.05, 3.63) is 53.6 Å². The van der Waals surface area contributed by atoms with Gasteiger partial charge in [0.15, 0.2) is 11.5 Å². The van der Waals surface area contributed by atoms with Crippen molar-refractivity contribution >= 4 is 11.6 Å². The number of ether oxygens (including phenoxy) is 2. The maximum Gasteiger partial charge on any atom is 0.247 e. The Hall–Kier alpha value is -2.53. The van der Waals surface area contributed by atoms with Crippen molar-refractivity contribution in [1.29, 1.82) is 0 Å². The fourth-order valence-corrected chi connectivity index (χ4v) is 3.14. The average molecular weight is 310 g/mol. The highest BCUT2D eigenvalue weighted by Crippen LogP contribution is 2.42. The van der Waals surface area contributed by atoms with Crippen molar-refractivity contribution in [2.45, 2.75) is 25.4 Å². The highest BCUT2D eigenvalue weighted by molar-refractivity contribution is 6.05. The number of carbonyl (C=O) groups is 1. The fraction of sp³-hybridized carbons (Fsp3) is 0.278. The SMILES string of the molecule is CCc1ccc(C2C(N)C(=O)N2c2ccc3c(c2)OCO3)cc1. The molecule has 2 atom stereocenters. The maximum atomic E-state index is 12.3. The van der Waals surface area contributed by atoms with Crippen molar-refractivity contribution in [1.82, 2.24) is 0 Å². The lowest BCUT2D eigenvalue weighted by Crippen LogP contribution is -2.63. The van der Waals surface area contributed by atoms with Crippen LogP contribution in [0.2, 0.25) is 0 Å². The van der Waals surface area contributed by atoms with Gasteiger partial charge in [-0.05, 0) is 29.7 Å². The topological polar surface area (TPSA) is 64.8 Å². The van der Waals surface area contributed by atoms with Crippen LogP contribution < -0.4 is 20.1 Å². The minimum atomic E-state index is -0.507. The summed E-state index contributed by atoms with van der Waals surface area (Å²) in [5.74, 6) is 1.29. The summed E-state index contributed by atoms with van der Waals surface area (Å²) in [6, 6.07) is 13.1. The van der Waals surface area contributed by atoms with E-state index in [1.165, 1.54) is 5.56 Å². The van der Waals surface area contributed by atoms with E-state index in [1.54, 1.807) is 4.90 Å². The molecule has 2 N–H and O–H groups in total. The molecule has 4 rings (SSSR count). The van der Waals surface area contributed by atoms with Gasteiger partial charge in [-0.1, -0.05) is 31.2 Å². The van der Waals surface area contributed by atoms with Gasteiger partial charge in [-0.3, -0.25) is 4.79 Å². The first-order valence-electron chi connectivity index (χ1n) is 7.76. The third-order valence-corrected chi connectivity index (χ3v) is 4.50. The Morgan fingerprint density at radius 2 is 1.87 bits per heavy atom. The zero-order valence-corrected chi connectivity index (χ0v) is 12.9. The smallest absolute Gasteiger partial charge is 0.247 e. The van der Waals surface area contributed by atoms with Crippen LogP contribution in [0.4, 0.5) is 5.69 Å². The summed E-state index contributed by atoms with van der Waals surface area (Å²) in [5, 5.41) is 0. The second kappa shape index (κ2) is 5.28. The van der Waals surface area contributed by atoms with Gasteiger partial charge in [-0.2, -0.15) is 0 Å². The number of nitrogens with zero attached hydrogens (tertiary/aromatic N) is 1. The van der Waals surface area contributed by atoms with E-state index in [0.717, 1.165) is 17.7 Å². The maximum absolute atomic E-state index is 12.3. The highest BCUT2D eigenvalue weighted by Gasteiger charge is 2.46. The summed E-state index contributed by atoms with van der Waals surface area (Å²) in [5.41, 5.74) is 9.16. The molecule has 2 unspecified atom stereocenters. The molecule has 0 aromatic heterocycles. The van der Waals surface area contributed by atoms with Crippen molar-refractivity contribution in [3.8, 4) is 11.5 Å². The quantitative estimate of drug-likeness (QED) is 0.884. The number of hydrogen-bond acceptors (Lipinski definition) is 4. The molecular weight excluding hydrogens is 292 g/mol. The number of benzene rings is 2. The predicted molar refractivity (Wildman–Crippen MR) is 86.6 cm³/mol. The number of hydrogen-bond donors (Lipinski definition) is 1. The van der Waals surface area contributed by atoms with E-state index in [4.69, 9.17) is 15.2 Å². The molecule has 5 heteroatoms. The molecule has 1 amide bonds. The van der Waals surface area contributed by atoms with E-state index in [1.807, 2.05) is 18.2 Å². The van der Waals surface area contributed by atoms with Crippen LogP contribution in [0, 0.1) is 0 Å². The third kappa shape index (κ3) is 2.16. The molecule has 0 spiro atoms. The molecular formula is C18H18N2O3. The molecule has 2 heterocycles. The van der Waals surface area contributed by atoms with Gasteiger partial charge in [0.05, 0.1) is 6.04 Å². The first-order valence-corrected chi connectivity index (χ1v) is 7.76. The van der Waals surface area contributed by atoms with Gasteiger partial charge in [-0.15, -0.1) is 0 Å². The second-order valence-electron chi connectivity index (χ2n) is 5.81. The number of aryl methyl sites for hydroxylation is 1. The molecule has 0 bridgehead atoms. The summed E-state index contributed by atoms with van der Waals surface area (Å²) in [7, 11) is 0. The van der Waals surface area contributed by atoms with Gasteiger partial charge in [0.25, 0.3) is 0 Å². The Balaban J connectivity index is 1.67. The Labute approximate surface area is 134 Å². The minimum absolute atomic E-state index is 0.0755. The van der Waals surface area contributed by atoms with Crippen LogP contribution in [0.25, 0.3) is 0 Å². The van der Waals surface area contributed by atoms with E-state index in [0.29, 0.717) is 11.5 Å². The monoisotopic (exact) mass is 310 g/mol. The van der Waals surface area contributed by atoms with Gasteiger partial charge >= 0.3 is 0 Å². The van der Waals surface area contributed by atoms with Crippen LogP contribution in [0.15, 0.2) is 42.5 Å². The number of nitrogens with two attached hydrogens (primary N) is 1. The van der Waals surface area contributed by atoms with Gasteiger partial charge in [-0.25, -0.2) is 0 Å². The lowest BCUT2D eigenvalue weighted by Gasteiger charge is -2.45. The summed E-state index contributed by atoms with van der Waals surface area (Å²) < 4.78 is 10.7. The molecule has 0 radical (unpaired) electrons. The van der Waals surface area contributed by atoms with Gasteiger partial charge in [0, 0.05) is 11.8 Å². The molecule has 2 aliphatic heterocycles. The molecule has 1 saturated heterocycles.